The number of hydrogen-bond donors (Lipinski definition) is 1. The Kier molecular flexibility index (Phi) is 2.92. The maximum absolute atomic E-state index is 10.9. The van der Waals surface area contributed by atoms with Crippen molar-refractivity contribution in [3.05, 3.63) is 0 Å². The van der Waals surface area contributed by atoms with Gasteiger partial charge in [0.2, 0.25) is 0 Å². The van der Waals surface area contributed by atoms with Crippen molar-refractivity contribution in [1.82, 2.24) is 0 Å². The predicted molar refractivity (Wildman–Crippen MR) is 36.7 cm³/mol. The molecule has 1 atom stereocenters. The highest BCUT2D eigenvalue weighted by Gasteiger charge is 2.22. The van der Waals surface area contributed by atoms with E-state index < -0.39 is 12.9 Å². The summed E-state index contributed by atoms with van der Waals surface area (Å²) in [7, 11) is -2.85. The zero-order valence-electron chi connectivity index (χ0n) is 5.63. The van der Waals surface area contributed by atoms with Crippen LogP contribution in [0, 0.1) is 0 Å². The second-order valence-corrected chi connectivity index (χ2v) is 5.14. The van der Waals surface area contributed by atoms with Crippen molar-refractivity contribution < 1.29 is 14.5 Å². The van der Waals surface area contributed by atoms with Gasteiger partial charge < -0.3 is 9.67 Å². The summed E-state index contributed by atoms with van der Waals surface area (Å²) in [5, 5.41) is 8.31. The number of rotatable bonds is 3. The molecule has 0 amide bonds. The molecule has 0 rings (SSSR count). The Morgan fingerprint density at radius 3 is 2.22 bits per heavy atom. The topological polar surface area (TPSA) is 54.4 Å². The van der Waals surface area contributed by atoms with Crippen molar-refractivity contribution >= 4 is 12.9 Å². The SMILES string of the molecule is CCCP(C)(=O)C(=O)O. The fraction of sp³-hybridized carbons (Fsp3) is 0.800. The lowest BCUT2D eigenvalue weighted by molar-refractivity contribution is 0.219. The van der Waals surface area contributed by atoms with Crippen LogP contribution in [0.2, 0.25) is 0 Å². The first kappa shape index (κ1) is 8.70. The van der Waals surface area contributed by atoms with E-state index in [1.165, 1.54) is 6.66 Å². The largest absolute Gasteiger partial charge is 0.476 e. The Labute approximate surface area is 54.4 Å². The van der Waals surface area contributed by atoms with E-state index in [9.17, 15) is 9.36 Å². The zero-order valence-corrected chi connectivity index (χ0v) is 6.52. The number of hydrogen-bond acceptors (Lipinski definition) is 2. The minimum atomic E-state index is -2.85. The molecule has 0 aromatic rings. The third kappa shape index (κ3) is 2.66. The molecule has 0 aromatic heterocycles. The molecular weight excluding hydrogens is 139 g/mol. The molecule has 0 fully saturated rings. The summed E-state index contributed by atoms with van der Waals surface area (Å²) in [6, 6.07) is 0. The molecule has 1 unspecified atom stereocenters. The molecule has 3 nitrogen and oxygen atoms in total. The fourth-order valence-electron chi connectivity index (χ4n) is 0.522. The van der Waals surface area contributed by atoms with Gasteiger partial charge >= 0.3 is 5.71 Å². The molecule has 4 heteroatoms. The number of carbonyl (C=O) groups is 1. The average molecular weight is 150 g/mol. The lowest BCUT2D eigenvalue weighted by Crippen LogP contribution is -1.97. The van der Waals surface area contributed by atoms with Gasteiger partial charge in [-0.05, 0) is 13.1 Å². The minimum absolute atomic E-state index is 0.308. The Balaban J connectivity index is 4.04. The van der Waals surface area contributed by atoms with Crippen molar-refractivity contribution in [2.24, 2.45) is 0 Å². The molecule has 0 bridgehead atoms. The molecule has 0 radical (unpaired) electrons. The van der Waals surface area contributed by atoms with Gasteiger partial charge in [0.05, 0.1) is 0 Å². The summed E-state index contributed by atoms with van der Waals surface area (Å²) in [5.74, 6) is 0. The normalized spacial score (nSPS) is 16.7. The fourth-order valence-corrected chi connectivity index (χ4v) is 1.57. The zero-order chi connectivity index (χ0) is 7.49. The molecule has 0 saturated heterocycles. The Morgan fingerprint density at radius 2 is 2.11 bits per heavy atom. The Bertz CT molecular complexity index is 152. The van der Waals surface area contributed by atoms with Gasteiger partial charge in [0.25, 0.3) is 0 Å². The van der Waals surface area contributed by atoms with Crippen molar-refractivity contribution in [3.63, 3.8) is 0 Å². The van der Waals surface area contributed by atoms with Gasteiger partial charge in [-0.25, -0.2) is 4.79 Å². The van der Waals surface area contributed by atoms with E-state index >= 15 is 0 Å². The first-order valence-electron chi connectivity index (χ1n) is 2.80. The maximum Gasteiger partial charge on any atom is 0.361 e. The van der Waals surface area contributed by atoms with E-state index in [4.69, 9.17) is 5.11 Å². The van der Waals surface area contributed by atoms with Gasteiger partial charge in [-0.3, -0.25) is 0 Å². The van der Waals surface area contributed by atoms with Crippen molar-refractivity contribution in [2.45, 2.75) is 13.3 Å². The average Bonchev–Trinajstić information content (AvgIpc) is 1.65. The quantitative estimate of drug-likeness (QED) is 0.626. The standard InChI is InChI=1S/C5H11O3P/c1-3-4-9(2,8)5(6)7/h3-4H2,1-2H3,(H,6,7). The first-order chi connectivity index (χ1) is 4.00. The molecule has 9 heavy (non-hydrogen) atoms. The molecule has 54 valence electrons. The molecule has 0 aliphatic rings. The van der Waals surface area contributed by atoms with Crippen LogP contribution in [0.4, 0.5) is 4.79 Å². The smallest absolute Gasteiger partial charge is 0.361 e. The lowest BCUT2D eigenvalue weighted by atomic mass is 10.6. The predicted octanol–water partition coefficient (Wildman–Crippen LogP) is 2.07. The number of carboxylic acid groups (broad SMARTS) is 1. The van der Waals surface area contributed by atoms with Gasteiger partial charge in [-0.2, -0.15) is 0 Å². The van der Waals surface area contributed by atoms with E-state index in [2.05, 4.69) is 0 Å². The summed E-state index contributed by atoms with van der Waals surface area (Å²) >= 11 is 0. The van der Waals surface area contributed by atoms with E-state index in [0.717, 1.165) is 0 Å². The first-order valence-corrected chi connectivity index (χ1v) is 5.14. The van der Waals surface area contributed by atoms with E-state index in [1.807, 2.05) is 6.92 Å². The van der Waals surface area contributed by atoms with Crippen molar-refractivity contribution in [2.75, 3.05) is 12.8 Å². The van der Waals surface area contributed by atoms with Crippen LogP contribution in [0.3, 0.4) is 0 Å². The molecule has 0 aromatic carbocycles. The van der Waals surface area contributed by atoms with E-state index in [1.54, 1.807) is 0 Å². The molecule has 1 N–H and O–H groups in total. The van der Waals surface area contributed by atoms with Crippen LogP contribution in [-0.4, -0.2) is 23.6 Å². The van der Waals surface area contributed by atoms with Gasteiger partial charge in [0.1, 0.15) is 0 Å². The third-order valence-electron chi connectivity index (χ3n) is 1.05. The van der Waals surface area contributed by atoms with Crippen molar-refractivity contribution in [3.8, 4) is 0 Å². The van der Waals surface area contributed by atoms with Gasteiger partial charge in [0, 0.05) is 6.16 Å². The molecule has 0 aliphatic carbocycles. The highest BCUT2D eigenvalue weighted by molar-refractivity contribution is 7.79. The van der Waals surface area contributed by atoms with Gasteiger partial charge in [0.15, 0.2) is 7.14 Å². The van der Waals surface area contributed by atoms with Crippen LogP contribution < -0.4 is 0 Å². The van der Waals surface area contributed by atoms with Crippen LogP contribution in [0.25, 0.3) is 0 Å². The van der Waals surface area contributed by atoms with Crippen LogP contribution in [0.5, 0.6) is 0 Å². The lowest BCUT2D eigenvalue weighted by Gasteiger charge is -2.02. The summed E-state index contributed by atoms with van der Waals surface area (Å²) in [6.45, 7) is 3.12. The monoisotopic (exact) mass is 150 g/mol. The second kappa shape index (κ2) is 3.02. The van der Waals surface area contributed by atoms with Crippen LogP contribution in [-0.2, 0) is 4.57 Å². The summed E-state index contributed by atoms with van der Waals surface area (Å²) in [4.78, 5) is 10.1. The second-order valence-electron chi connectivity index (χ2n) is 2.11. The van der Waals surface area contributed by atoms with Crippen molar-refractivity contribution in [1.29, 1.82) is 0 Å². The van der Waals surface area contributed by atoms with E-state index in [0.29, 0.717) is 12.6 Å². The molecular formula is C5H11O3P. The highest BCUT2D eigenvalue weighted by atomic mass is 31.2. The maximum atomic E-state index is 10.9. The van der Waals surface area contributed by atoms with Gasteiger partial charge in [-0.15, -0.1) is 0 Å². The third-order valence-corrected chi connectivity index (χ3v) is 3.16. The summed E-state index contributed by atoms with van der Waals surface area (Å²) < 4.78 is 10.9. The molecule has 0 heterocycles. The van der Waals surface area contributed by atoms with Crippen LogP contribution >= 0.6 is 7.14 Å². The van der Waals surface area contributed by atoms with E-state index in [-0.39, 0.29) is 0 Å². The van der Waals surface area contributed by atoms with Gasteiger partial charge in [-0.1, -0.05) is 6.92 Å². The Morgan fingerprint density at radius 1 is 1.67 bits per heavy atom. The van der Waals surface area contributed by atoms with Crippen LogP contribution in [0.1, 0.15) is 13.3 Å². The summed E-state index contributed by atoms with van der Waals surface area (Å²) in [6.07, 6.45) is 0.975. The highest BCUT2D eigenvalue weighted by Crippen LogP contribution is 2.41. The minimum Gasteiger partial charge on any atom is -0.476 e. The molecule has 0 aliphatic heterocycles. The molecule has 0 saturated carbocycles. The Hall–Kier alpha value is -0.300. The molecule has 0 spiro atoms. The summed E-state index contributed by atoms with van der Waals surface area (Å²) in [5.41, 5.74) is -1.15. The van der Waals surface area contributed by atoms with Crippen LogP contribution in [0.15, 0.2) is 0 Å².